The van der Waals surface area contributed by atoms with Gasteiger partial charge in [-0.2, -0.15) is 0 Å². The Morgan fingerprint density at radius 1 is 0.906 bits per heavy atom. The van der Waals surface area contributed by atoms with Crippen LogP contribution >= 0.6 is 0 Å². The zero-order chi connectivity index (χ0) is 22.9. The molecule has 4 rings (SSSR count). The molecule has 0 bridgehead atoms. The van der Waals surface area contributed by atoms with Crippen LogP contribution in [0.15, 0.2) is 53.7 Å². The Morgan fingerprint density at radius 2 is 1.62 bits per heavy atom. The highest BCUT2D eigenvalue weighted by molar-refractivity contribution is 7.90. The quantitative estimate of drug-likeness (QED) is 0.475. The zero-order valence-corrected chi connectivity index (χ0v) is 19.0. The van der Waals surface area contributed by atoms with Gasteiger partial charge in [0, 0.05) is 23.7 Å². The molecule has 1 aliphatic carbocycles. The maximum atomic E-state index is 11.8. The summed E-state index contributed by atoms with van der Waals surface area (Å²) in [4.78, 5) is 8.27. The largest absolute Gasteiger partial charge is 0.340 e. The van der Waals surface area contributed by atoms with Crippen LogP contribution in [0, 0.1) is 0 Å². The van der Waals surface area contributed by atoms with Crippen molar-refractivity contribution in [2.24, 2.45) is 5.14 Å². The summed E-state index contributed by atoms with van der Waals surface area (Å²) in [6.45, 7) is 0. The predicted molar refractivity (Wildman–Crippen MR) is 123 cm³/mol. The highest BCUT2D eigenvalue weighted by atomic mass is 32.2. The number of sulfone groups is 1. The van der Waals surface area contributed by atoms with Crippen molar-refractivity contribution in [2.75, 3.05) is 16.9 Å². The molecule has 0 amide bonds. The fourth-order valence-electron chi connectivity index (χ4n) is 3.69. The van der Waals surface area contributed by atoms with Crippen molar-refractivity contribution in [1.29, 1.82) is 0 Å². The van der Waals surface area contributed by atoms with E-state index in [0.29, 0.717) is 17.2 Å². The summed E-state index contributed by atoms with van der Waals surface area (Å²) < 4.78 is 47.2. The molecule has 0 saturated heterocycles. The Morgan fingerprint density at radius 3 is 2.34 bits per heavy atom. The minimum Gasteiger partial charge on any atom is -0.340 e. The van der Waals surface area contributed by atoms with Crippen LogP contribution in [0.3, 0.4) is 0 Å². The molecule has 0 unspecified atom stereocenters. The zero-order valence-electron chi connectivity index (χ0n) is 17.4. The Kier molecular flexibility index (Phi) is 5.89. The van der Waals surface area contributed by atoms with E-state index in [2.05, 4.69) is 32.7 Å². The van der Waals surface area contributed by atoms with Gasteiger partial charge in [-0.3, -0.25) is 0 Å². The lowest BCUT2D eigenvalue weighted by atomic mass is 10.1. The van der Waals surface area contributed by atoms with Crippen LogP contribution in [0.2, 0.25) is 0 Å². The van der Waals surface area contributed by atoms with E-state index in [9.17, 15) is 16.8 Å². The molecule has 0 fully saturated rings. The molecule has 168 valence electrons. The molecular weight excluding hydrogens is 450 g/mol. The number of nitrogens with two attached hydrogens (primary N) is 1. The van der Waals surface area contributed by atoms with E-state index < -0.39 is 19.9 Å². The van der Waals surface area contributed by atoms with Gasteiger partial charge in [-0.15, -0.1) is 0 Å². The van der Waals surface area contributed by atoms with Gasteiger partial charge >= 0.3 is 0 Å². The third-order valence-corrected chi connectivity index (χ3v) is 6.87. The predicted octanol–water partition coefficient (Wildman–Crippen LogP) is 2.64. The average Bonchev–Trinajstić information content (AvgIpc) is 3.15. The molecule has 3 aromatic rings. The number of primary sulfonamides is 1. The van der Waals surface area contributed by atoms with Gasteiger partial charge in [-0.25, -0.2) is 31.9 Å². The Bertz CT molecular complexity index is 1390. The van der Waals surface area contributed by atoms with E-state index in [1.807, 2.05) is 6.07 Å². The Hall–Kier alpha value is -3.02. The van der Waals surface area contributed by atoms with E-state index in [4.69, 9.17) is 5.14 Å². The molecule has 0 aliphatic heterocycles. The van der Waals surface area contributed by atoms with Crippen LogP contribution < -0.4 is 15.8 Å². The lowest BCUT2D eigenvalue weighted by molar-refractivity contribution is 0.597. The molecule has 9 nitrogen and oxygen atoms in total. The SMILES string of the molecule is CS(=O)(=O)Cc1ccc(S(N)(=O)=O)cc1Nc1cc(Nc2ccc3c(c2)CCC3)ncn1. The number of aromatic nitrogens is 2. The van der Waals surface area contributed by atoms with Gasteiger partial charge < -0.3 is 10.6 Å². The minimum atomic E-state index is -3.97. The maximum Gasteiger partial charge on any atom is 0.238 e. The molecule has 4 N–H and O–H groups in total. The molecule has 1 aliphatic rings. The van der Waals surface area contributed by atoms with Crippen LogP contribution in [0.5, 0.6) is 0 Å². The highest BCUT2D eigenvalue weighted by Crippen LogP contribution is 2.28. The van der Waals surface area contributed by atoms with Crippen molar-refractivity contribution >= 4 is 42.9 Å². The van der Waals surface area contributed by atoms with Crippen molar-refractivity contribution in [2.45, 2.75) is 29.9 Å². The topological polar surface area (TPSA) is 144 Å². The fourth-order valence-corrected chi connectivity index (χ4v) is 5.04. The molecule has 1 heterocycles. The third-order valence-electron chi connectivity index (χ3n) is 5.13. The average molecular weight is 474 g/mol. The number of hydrogen-bond acceptors (Lipinski definition) is 8. The molecule has 0 atom stereocenters. The summed E-state index contributed by atoms with van der Waals surface area (Å²) in [5.41, 5.74) is 4.28. The summed E-state index contributed by atoms with van der Waals surface area (Å²) in [5.74, 6) is 0.628. The first kappa shape index (κ1) is 22.2. The third kappa shape index (κ3) is 5.42. The number of benzene rings is 2. The van der Waals surface area contributed by atoms with Gasteiger partial charge in [0.25, 0.3) is 0 Å². The van der Waals surface area contributed by atoms with E-state index >= 15 is 0 Å². The first-order chi connectivity index (χ1) is 15.1. The van der Waals surface area contributed by atoms with E-state index in [1.165, 1.54) is 35.7 Å². The van der Waals surface area contributed by atoms with Crippen molar-refractivity contribution in [3.8, 4) is 0 Å². The molecule has 2 aromatic carbocycles. The summed E-state index contributed by atoms with van der Waals surface area (Å²) in [7, 11) is -7.33. The number of rotatable bonds is 7. The van der Waals surface area contributed by atoms with Crippen LogP contribution in [0.4, 0.5) is 23.0 Å². The molecule has 11 heteroatoms. The number of anilines is 4. The van der Waals surface area contributed by atoms with Gasteiger partial charge in [-0.1, -0.05) is 12.1 Å². The summed E-state index contributed by atoms with van der Waals surface area (Å²) in [6, 6.07) is 11.9. The van der Waals surface area contributed by atoms with Gasteiger partial charge in [0.05, 0.1) is 10.6 Å². The fraction of sp³-hybridized carbons (Fsp3) is 0.238. The Labute approximate surface area is 187 Å². The van der Waals surface area contributed by atoms with Gasteiger partial charge in [0.15, 0.2) is 9.84 Å². The molecule has 32 heavy (non-hydrogen) atoms. The van der Waals surface area contributed by atoms with Gasteiger partial charge in [0.2, 0.25) is 10.0 Å². The van der Waals surface area contributed by atoms with E-state index in [1.54, 1.807) is 6.07 Å². The van der Waals surface area contributed by atoms with Crippen LogP contribution in [-0.2, 0) is 38.5 Å². The smallest absolute Gasteiger partial charge is 0.238 e. The van der Waals surface area contributed by atoms with Gasteiger partial charge in [0.1, 0.15) is 18.0 Å². The van der Waals surface area contributed by atoms with E-state index in [-0.39, 0.29) is 16.3 Å². The maximum absolute atomic E-state index is 11.8. The summed E-state index contributed by atoms with van der Waals surface area (Å²) >= 11 is 0. The molecule has 0 spiro atoms. The van der Waals surface area contributed by atoms with Gasteiger partial charge in [-0.05, 0) is 60.2 Å². The number of aryl methyl sites for hydroxylation is 2. The van der Waals surface area contributed by atoms with Crippen LogP contribution in [0.25, 0.3) is 0 Å². The lowest BCUT2D eigenvalue weighted by Crippen LogP contribution is -2.13. The van der Waals surface area contributed by atoms with Crippen molar-refractivity contribution in [1.82, 2.24) is 9.97 Å². The summed E-state index contributed by atoms with van der Waals surface area (Å²) in [5, 5.41) is 11.5. The molecule has 1 aromatic heterocycles. The standard InChI is InChI=1S/C21H23N5O4S2/c1-31(27,28)12-16-6-8-18(32(22,29)30)10-19(16)26-21-11-20(23-13-24-21)25-17-7-5-14-3-2-4-15(14)9-17/h5-11,13H,2-4,12H2,1H3,(H2,22,29,30)(H2,23,24,25,26). The van der Waals surface area contributed by atoms with Crippen molar-refractivity contribution in [3.63, 3.8) is 0 Å². The molecule has 0 radical (unpaired) electrons. The normalized spacial score (nSPS) is 13.6. The minimum absolute atomic E-state index is 0.136. The highest BCUT2D eigenvalue weighted by Gasteiger charge is 2.16. The van der Waals surface area contributed by atoms with Crippen LogP contribution in [0.1, 0.15) is 23.1 Å². The number of hydrogen-bond donors (Lipinski definition) is 3. The lowest BCUT2D eigenvalue weighted by Gasteiger charge is -2.14. The van der Waals surface area contributed by atoms with Crippen molar-refractivity contribution in [3.05, 3.63) is 65.5 Å². The second-order valence-electron chi connectivity index (χ2n) is 7.81. The Balaban J connectivity index is 1.62. The number of fused-ring (bicyclic) bond motifs is 1. The molecule has 0 saturated carbocycles. The number of nitrogens with one attached hydrogen (secondary N) is 2. The van der Waals surface area contributed by atoms with Crippen LogP contribution in [-0.4, -0.2) is 33.1 Å². The number of sulfonamides is 1. The summed E-state index contributed by atoms with van der Waals surface area (Å²) in [6.07, 6.45) is 5.79. The number of nitrogens with zero attached hydrogens (tertiary/aromatic N) is 2. The van der Waals surface area contributed by atoms with Crippen molar-refractivity contribution < 1.29 is 16.8 Å². The van der Waals surface area contributed by atoms with E-state index in [0.717, 1.165) is 31.2 Å². The molecular formula is C21H23N5O4S2. The first-order valence-electron chi connectivity index (χ1n) is 9.88. The second kappa shape index (κ2) is 8.49. The second-order valence-corrected chi connectivity index (χ2v) is 11.5. The monoisotopic (exact) mass is 473 g/mol. The first-order valence-corrected chi connectivity index (χ1v) is 13.5.